The van der Waals surface area contributed by atoms with E-state index in [1.165, 1.54) is 70.0 Å². The van der Waals surface area contributed by atoms with Crippen molar-refractivity contribution in [3.8, 4) is 11.3 Å². The van der Waals surface area contributed by atoms with Crippen LogP contribution in [-0.4, -0.2) is 0 Å². The lowest BCUT2D eigenvalue weighted by Gasteiger charge is -2.14. The average molecular weight is 330 g/mol. The number of pyridine rings is 1. The Bertz CT molecular complexity index is 946. The van der Waals surface area contributed by atoms with Gasteiger partial charge in [0.15, 0.2) is 6.20 Å². The van der Waals surface area contributed by atoms with Crippen molar-refractivity contribution in [2.45, 2.75) is 52.4 Å². The number of aromatic nitrogens is 1. The second-order valence-corrected chi connectivity index (χ2v) is 7.86. The molecule has 0 bridgehead atoms. The van der Waals surface area contributed by atoms with E-state index in [9.17, 15) is 0 Å². The van der Waals surface area contributed by atoms with Gasteiger partial charge in [0.2, 0.25) is 5.69 Å². The van der Waals surface area contributed by atoms with E-state index in [-0.39, 0.29) is 0 Å². The molecule has 3 aromatic rings. The molecule has 128 valence electrons. The van der Waals surface area contributed by atoms with Gasteiger partial charge >= 0.3 is 0 Å². The molecule has 1 nitrogen and oxygen atoms in total. The van der Waals surface area contributed by atoms with Gasteiger partial charge in [-0.2, -0.15) is 0 Å². The van der Waals surface area contributed by atoms with Gasteiger partial charge < -0.3 is 0 Å². The van der Waals surface area contributed by atoms with Crippen LogP contribution in [0, 0.1) is 20.8 Å². The maximum Gasteiger partial charge on any atom is 0.220 e. The van der Waals surface area contributed by atoms with Crippen molar-refractivity contribution in [1.29, 1.82) is 0 Å². The van der Waals surface area contributed by atoms with Gasteiger partial charge in [-0.1, -0.05) is 36.6 Å². The first kappa shape index (κ1) is 16.3. The maximum absolute atomic E-state index is 2.44. The smallest absolute Gasteiger partial charge is 0.200 e. The fraction of sp³-hybridized carbons (Fsp3) is 0.375. The summed E-state index contributed by atoms with van der Waals surface area (Å²) < 4.78 is 2.28. The molecule has 1 aliphatic rings. The van der Waals surface area contributed by atoms with Crippen molar-refractivity contribution < 1.29 is 4.57 Å². The van der Waals surface area contributed by atoms with Crippen molar-refractivity contribution in [3.05, 3.63) is 64.8 Å². The first-order chi connectivity index (χ1) is 12.0. The van der Waals surface area contributed by atoms with Crippen LogP contribution in [0.3, 0.4) is 0 Å². The largest absolute Gasteiger partial charge is 0.220 e. The third kappa shape index (κ3) is 2.86. The summed E-state index contributed by atoms with van der Waals surface area (Å²) in [6.45, 7) is 6.66. The number of hydrogen-bond acceptors (Lipinski definition) is 0. The van der Waals surface area contributed by atoms with Crippen LogP contribution in [0.25, 0.3) is 22.0 Å². The Morgan fingerprint density at radius 2 is 1.68 bits per heavy atom. The fourth-order valence-corrected chi connectivity index (χ4v) is 4.53. The zero-order valence-electron chi connectivity index (χ0n) is 15.9. The van der Waals surface area contributed by atoms with Crippen molar-refractivity contribution in [1.82, 2.24) is 0 Å². The predicted octanol–water partition coefficient (Wildman–Crippen LogP) is 5.91. The summed E-state index contributed by atoms with van der Waals surface area (Å²) in [5.41, 5.74) is 8.31. The highest BCUT2D eigenvalue weighted by molar-refractivity contribution is 5.94. The highest BCUT2D eigenvalue weighted by Crippen LogP contribution is 2.37. The zero-order chi connectivity index (χ0) is 17.6. The van der Waals surface area contributed by atoms with Crippen LogP contribution in [0.4, 0.5) is 0 Å². The summed E-state index contributed by atoms with van der Waals surface area (Å²) in [4.78, 5) is 0. The Hall–Kier alpha value is -2.15. The molecule has 1 fully saturated rings. The molecule has 1 aromatic heterocycles. The van der Waals surface area contributed by atoms with Gasteiger partial charge in [-0.15, -0.1) is 0 Å². The second kappa shape index (κ2) is 6.29. The molecule has 1 heterocycles. The SMILES string of the molecule is Cc1cc(C)c(C)c(-c2c3ccc(C4CCCC4)cc3cc[n+]2C)c1. The molecule has 1 saturated carbocycles. The van der Waals surface area contributed by atoms with Gasteiger partial charge in [0.25, 0.3) is 0 Å². The molecule has 4 rings (SSSR count). The van der Waals surface area contributed by atoms with E-state index in [0.717, 1.165) is 5.92 Å². The molecule has 0 atom stereocenters. The van der Waals surface area contributed by atoms with E-state index in [4.69, 9.17) is 0 Å². The Morgan fingerprint density at radius 3 is 2.44 bits per heavy atom. The summed E-state index contributed by atoms with van der Waals surface area (Å²) in [6.07, 6.45) is 7.70. The topological polar surface area (TPSA) is 3.88 Å². The molecular weight excluding hydrogens is 302 g/mol. The maximum atomic E-state index is 2.44. The minimum Gasteiger partial charge on any atom is -0.200 e. The molecule has 0 aliphatic heterocycles. The van der Waals surface area contributed by atoms with Crippen LogP contribution in [0.1, 0.15) is 53.9 Å². The molecule has 0 saturated heterocycles. The van der Waals surface area contributed by atoms with Gasteiger partial charge in [0.05, 0.1) is 10.9 Å². The normalized spacial score (nSPS) is 15.2. The Labute approximate surface area is 151 Å². The quantitative estimate of drug-likeness (QED) is 0.514. The van der Waals surface area contributed by atoms with Gasteiger partial charge in [-0.3, -0.25) is 0 Å². The van der Waals surface area contributed by atoms with Crippen molar-refractivity contribution in [3.63, 3.8) is 0 Å². The molecule has 0 unspecified atom stereocenters. The summed E-state index contributed by atoms with van der Waals surface area (Å²) in [5, 5.41) is 2.73. The van der Waals surface area contributed by atoms with Gasteiger partial charge in [0.1, 0.15) is 7.05 Å². The van der Waals surface area contributed by atoms with Crippen LogP contribution in [0.5, 0.6) is 0 Å². The Kier molecular flexibility index (Phi) is 4.11. The first-order valence-corrected chi connectivity index (χ1v) is 9.55. The van der Waals surface area contributed by atoms with E-state index in [0.29, 0.717) is 0 Å². The highest BCUT2D eigenvalue weighted by atomic mass is 14.9. The highest BCUT2D eigenvalue weighted by Gasteiger charge is 2.21. The molecule has 1 heteroatoms. The fourth-order valence-electron chi connectivity index (χ4n) is 4.53. The van der Waals surface area contributed by atoms with E-state index in [1.54, 1.807) is 0 Å². The molecule has 1 aliphatic carbocycles. The van der Waals surface area contributed by atoms with Crippen LogP contribution >= 0.6 is 0 Å². The average Bonchev–Trinajstić information content (AvgIpc) is 3.12. The van der Waals surface area contributed by atoms with Crippen LogP contribution in [0.15, 0.2) is 42.6 Å². The lowest BCUT2D eigenvalue weighted by atomic mass is 9.92. The predicted molar refractivity (Wildman–Crippen MR) is 106 cm³/mol. The summed E-state index contributed by atoms with van der Waals surface area (Å²) in [5.74, 6) is 0.768. The van der Waals surface area contributed by atoms with E-state index in [1.807, 2.05) is 0 Å². The lowest BCUT2D eigenvalue weighted by Crippen LogP contribution is -2.30. The summed E-state index contributed by atoms with van der Waals surface area (Å²) in [6, 6.07) is 14.1. The molecular formula is C24H28N+. The van der Waals surface area contributed by atoms with E-state index in [2.05, 4.69) is 75.0 Å². The van der Waals surface area contributed by atoms with Crippen molar-refractivity contribution in [2.24, 2.45) is 7.05 Å². The van der Waals surface area contributed by atoms with Crippen molar-refractivity contribution in [2.75, 3.05) is 0 Å². The number of aryl methyl sites for hydroxylation is 3. The van der Waals surface area contributed by atoms with Crippen molar-refractivity contribution >= 4 is 10.8 Å². The third-order valence-corrected chi connectivity index (χ3v) is 6.05. The Morgan fingerprint density at radius 1 is 0.920 bits per heavy atom. The first-order valence-electron chi connectivity index (χ1n) is 9.55. The van der Waals surface area contributed by atoms with E-state index < -0.39 is 0 Å². The summed E-state index contributed by atoms with van der Waals surface area (Å²) in [7, 11) is 2.16. The van der Waals surface area contributed by atoms with Gasteiger partial charge in [-0.25, -0.2) is 4.57 Å². The molecule has 0 spiro atoms. The Balaban J connectivity index is 1.93. The van der Waals surface area contributed by atoms with Gasteiger partial charge in [0, 0.05) is 6.07 Å². The number of hydrogen-bond donors (Lipinski definition) is 0. The minimum atomic E-state index is 0.768. The second-order valence-electron chi connectivity index (χ2n) is 7.86. The number of rotatable bonds is 2. The van der Waals surface area contributed by atoms with Crippen LogP contribution in [0.2, 0.25) is 0 Å². The molecule has 0 radical (unpaired) electrons. The zero-order valence-corrected chi connectivity index (χ0v) is 15.9. The monoisotopic (exact) mass is 330 g/mol. The minimum absolute atomic E-state index is 0.768. The molecule has 0 amide bonds. The third-order valence-electron chi connectivity index (χ3n) is 6.05. The lowest BCUT2D eigenvalue weighted by molar-refractivity contribution is -0.659. The van der Waals surface area contributed by atoms with Crippen LogP contribution in [-0.2, 0) is 7.05 Å². The van der Waals surface area contributed by atoms with E-state index >= 15 is 0 Å². The number of benzene rings is 2. The van der Waals surface area contributed by atoms with Gasteiger partial charge in [-0.05, 0) is 73.7 Å². The summed E-state index contributed by atoms with van der Waals surface area (Å²) >= 11 is 0. The standard InChI is InChI=1S/C24H28N/c1-16-13-17(2)18(3)23(14-16)24-22-10-9-20(19-7-5-6-8-19)15-21(22)11-12-25(24)4/h9-15,19H,5-8H2,1-4H3/q+1. The van der Waals surface area contributed by atoms with Crippen LogP contribution < -0.4 is 4.57 Å². The number of nitrogens with zero attached hydrogens (tertiary/aromatic N) is 1. The number of fused-ring (bicyclic) bond motifs is 1. The molecule has 25 heavy (non-hydrogen) atoms. The molecule has 2 aromatic carbocycles. The molecule has 0 N–H and O–H groups in total.